The van der Waals surface area contributed by atoms with Crippen molar-refractivity contribution in [3.63, 3.8) is 0 Å². The standard InChI is InChI=1S/C16H16N2O2/c1-9-4-3-5-12(10(9)2)15(19)11-6-7-13-14(8-11)18-16(20)17-13/h3-8,15,19H,1-2H3,(H2,17,18,20). The van der Waals surface area contributed by atoms with Crippen molar-refractivity contribution in [2.24, 2.45) is 0 Å². The van der Waals surface area contributed by atoms with Gasteiger partial charge in [-0.2, -0.15) is 0 Å². The highest BCUT2D eigenvalue weighted by Crippen LogP contribution is 2.27. The lowest BCUT2D eigenvalue weighted by molar-refractivity contribution is 0.219. The molecule has 0 radical (unpaired) electrons. The van der Waals surface area contributed by atoms with Crippen LogP contribution >= 0.6 is 0 Å². The average Bonchev–Trinajstić information content (AvgIpc) is 2.80. The molecule has 1 atom stereocenters. The van der Waals surface area contributed by atoms with Crippen LogP contribution in [0.5, 0.6) is 0 Å². The van der Waals surface area contributed by atoms with E-state index in [4.69, 9.17) is 0 Å². The summed E-state index contributed by atoms with van der Waals surface area (Å²) in [7, 11) is 0. The molecule has 0 aliphatic carbocycles. The van der Waals surface area contributed by atoms with Crippen LogP contribution in [0.25, 0.3) is 11.0 Å². The molecule has 0 amide bonds. The van der Waals surface area contributed by atoms with Gasteiger partial charge >= 0.3 is 5.69 Å². The molecule has 4 nitrogen and oxygen atoms in total. The number of aromatic amines is 2. The van der Waals surface area contributed by atoms with Crippen LogP contribution in [0.2, 0.25) is 0 Å². The van der Waals surface area contributed by atoms with Crippen molar-refractivity contribution in [1.82, 2.24) is 9.97 Å². The van der Waals surface area contributed by atoms with Crippen LogP contribution in [0, 0.1) is 13.8 Å². The Bertz CT molecular complexity index is 830. The molecule has 4 heteroatoms. The molecule has 3 aromatic rings. The fourth-order valence-electron chi connectivity index (χ4n) is 2.47. The molecule has 1 heterocycles. The minimum Gasteiger partial charge on any atom is -0.384 e. The number of rotatable bonds is 2. The van der Waals surface area contributed by atoms with E-state index in [0.717, 1.165) is 27.8 Å². The monoisotopic (exact) mass is 268 g/mol. The van der Waals surface area contributed by atoms with Crippen molar-refractivity contribution >= 4 is 11.0 Å². The van der Waals surface area contributed by atoms with Crippen LogP contribution < -0.4 is 5.69 Å². The first kappa shape index (κ1) is 12.7. The van der Waals surface area contributed by atoms with E-state index in [-0.39, 0.29) is 5.69 Å². The maximum absolute atomic E-state index is 11.3. The Hall–Kier alpha value is -2.33. The number of fused-ring (bicyclic) bond motifs is 1. The highest BCUT2D eigenvalue weighted by molar-refractivity contribution is 5.75. The number of H-pyrrole nitrogens is 2. The summed E-state index contributed by atoms with van der Waals surface area (Å²) in [6, 6.07) is 11.3. The molecule has 102 valence electrons. The third-order valence-electron chi connectivity index (χ3n) is 3.80. The van der Waals surface area contributed by atoms with E-state index in [1.807, 2.05) is 38.1 Å². The number of hydrogen-bond donors (Lipinski definition) is 3. The van der Waals surface area contributed by atoms with Crippen molar-refractivity contribution < 1.29 is 5.11 Å². The Morgan fingerprint density at radius 2 is 1.80 bits per heavy atom. The molecule has 3 N–H and O–H groups in total. The summed E-state index contributed by atoms with van der Waals surface area (Å²) in [6.07, 6.45) is -0.697. The normalized spacial score (nSPS) is 12.8. The Labute approximate surface area is 116 Å². The second-order valence-corrected chi connectivity index (χ2v) is 5.08. The lowest BCUT2D eigenvalue weighted by Crippen LogP contribution is -2.03. The summed E-state index contributed by atoms with van der Waals surface area (Å²) < 4.78 is 0. The van der Waals surface area contributed by atoms with Crippen molar-refractivity contribution in [2.75, 3.05) is 0 Å². The van der Waals surface area contributed by atoms with Gasteiger partial charge in [0.15, 0.2) is 0 Å². The first-order valence-corrected chi connectivity index (χ1v) is 6.52. The Kier molecular flexibility index (Phi) is 2.95. The summed E-state index contributed by atoms with van der Waals surface area (Å²) in [5.74, 6) is 0. The van der Waals surface area contributed by atoms with Gasteiger partial charge in [-0.15, -0.1) is 0 Å². The molecule has 0 saturated carbocycles. The zero-order valence-electron chi connectivity index (χ0n) is 11.4. The number of aliphatic hydroxyl groups is 1. The quantitative estimate of drug-likeness (QED) is 0.668. The fraction of sp³-hybridized carbons (Fsp3) is 0.188. The van der Waals surface area contributed by atoms with Crippen LogP contribution in [0.1, 0.15) is 28.4 Å². The Balaban J connectivity index is 2.09. The van der Waals surface area contributed by atoms with E-state index in [9.17, 15) is 9.90 Å². The molecule has 3 rings (SSSR count). The van der Waals surface area contributed by atoms with E-state index in [1.165, 1.54) is 0 Å². The van der Waals surface area contributed by atoms with Gasteiger partial charge in [-0.25, -0.2) is 4.79 Å². The molecule has 1 aromatic heterocycles. The summed E-state index contributed by atoms with van der Waals surface area (Å²) in [6.45, 7) is 4.03. The molecule has 0 spiro atoms. The first-order valence-electron chi connectivity index (χ1n) is 6.52. The lowest BCUT2D eigenvalue weighted by Gasteiger charge is -2.15. The van der Waals surface area contributed by atoms with Crippen molar-refractivity contribution in [2.45, 2.75) is 20.0 Å². The number of nitrogens with one attached hydrogen (secondary N) is 2. The summed E-state index contributed by atoms with van der Waals surface area (Å²) in [5.41, 5.74) is 5.10. The van der Waals surface area contributed by atoms with Crippen molar-refractivity contribution in [3.8, 4) is 0 Å². The predicted octanol–water partition coefficient (Wildman–Crippen LogP) is 2.55. The minimum atomic E-state index is -0.697. The molecule has 0 aliphatic heterocycles. The van der Waals surface area contributed by atoms with Gasteiger partial charge in [-0.1, -0.05) is 24.3 Å². The van der Waals surface area contributed by atoms with Crippen LogP contribution in [-0.4, -0.2) is 15.1 Å². The summed E-state index contributed by atoms with van der Waals surface area (Å²) in [5, 5.41) is 10.6. The zero-order chi connectivity index (χ0) is 14.3. The first-order chi connectivity index (χ1) is 9.56. The van der Waals surface area contributed by atoms with Crippen molar-refractivity contribution in [1.29, 1.82) is 0 Å². The molecule has 20 heavy (non-hydrogen) atoms. The van der Waals surface area contributed by atoms with Gasteiger partial charge in [0, 0.05) is 0 Å². The van der Waals surface area contributed by atoms with Crippen LogP contribution in [0.3, 0.4) is 0 Å². The lowest BCUT2D eigenvalue weighted by atomic mass is 9.95. The highest BCUT2D eigenvalue weighted by Gasteiger charge is 2.14. The SMILES string of the molecule is Cc1cccc(C(O)c2ccc3[nH]c(=O)[nH]c3c2)c1C. The topological polar surface area (TPSA) is 68.9 Å². The van der Waals surface area contributed by atoms with Crippen LogP contribution in [0.4, 0.5) is 0 Å². The van der Waals surface area contributed by atoms with Gasteiger partial charge in [-0.05, 0) is 48.2 Å². The average molecular weight is 268 g/mol. The van der Waals surface area contributed by atoms with E-state index in [2.05, 4.69) is 9.97 Å². The largest absolute Gasteiger partial charge is 0.384 e. The van der Waals surface area contributed by atoms with Gasteiger partial charge in [0.2, 0.25) is 0 Å². The number of imidazole rings is 1. The summed E-state index contributed by atoms with van der Waals surface area (Å²) >= 11 is 0. The molecule has 2 aromatic carbocycles. The highest BCUT2D eigenvalue weighted by atomic mass is 16.3. The maximum atomic E-state index is 11.3. The molecule has 1 unspecified atom stereocenters. The Morgan fingerprint density at radius 3 is 2.60 bits per heavy atom. The predicted molar refractivity (Wildman–Crippen MR) is 78.9 cm³/mol. The second kappa shape index (κ2) is 4.65. The number of aromatic nitrogens is 2. The van der Waals surface area contributed by atoms with Gasteiger partial charge in [0.25, 0.3) is 0 Å². The van der Waals surface area contributed by atoms with Crippen molar-refractivity contribution in [3.05, 3.63) is 69.1 Å². The van der Waals surface area contributed by atoms with Gasteiger partial charge in [0.1, 0.15) is 6.10 Å². The molecular weight excluding hydrogens is 252 g/mol. The Morgan fingerprint density at radius 1 is 1.05 bits per heavy atom. The van der Waals surface area contributed by atoms with E-state index < -0.39 is 6.10 Å². The number of benzene rings is 2. The van der Waals surface area contributed by atoms with Gasteiger partial charge in [0.05, 0.1) is 11.0 Å². The maximum Gasteiger partial charge on any atom is 0.323 e. The third kappa shape index (κ3) is 2.04. The summed E-state index contributed by atoms with van der Waals surface area (Å²) in [4.78, 5) is 16.7. The molecular formula is C16H16N2O2. The molecule has 0 bridgehead atoms. The number of aryl methyl sites for hydroxylation is 1. The molecule has 0 saturated heterocycles. The van der Waals surface area contributed by atoms with Crippen LogP contribution in [0.15, 0.2) is 41.2 Å². The molecule has 0 fully saturated rings. The van der Waals surface area contributed by atoms with E-state index >= 15 is 0 Å². The van der Waals surface area contributed by atoms with E-state index in [1.54, 1.807) is 12.1 Å². The number of aliphatic hydroxyl groups excluding tert-OH is 1. The van der Waals surface area contributed by atoms with Crippen LogP contribution in [-0.2, 0) is 0 Å². The van der Waals surface area contributed by atoms with Gasteiger partial charge in [-0.3, -0.25) is 0 Å². The second-order valence-electron chi connectivity index (χ2n) is 5.08. The van der Waals surface area contributed by atoms with Gasteiger partial charge < -0.3 is 15.1 Å². The molecule has 0 aliphatic rings. The van der Waals surface area contributed by atoms with E-state index in [0.29, 0.717) is 5.52 Å². The zero-order valence-corrected chi connectivity index (χ0v) is 11.4. The smallest absolute Gasteiger partial charge is 0.323 e. The number of hydrogen-bond acceptors (Lipinski definition) is 2. The fourth-order valence-corrected chi connectivity index (χ4v) is 2.47. The minimum absolute atomic E-state index is 0.238. The third-order valence-corrected chi connectivity index (χ3v) is 3.80.